The van der Waals surface area contributed by atoms with E-state index in [1.165, 1.54) is 25.7 Å². The second kappa shape index (κ2) is 17.0. The standard InChI is InChI=1S/C19H39N3O3.HI/c1-4-24-14-11-19(9-5-6-10-19)17-22-18(20-2)21-12-7-8-13-25-16-15-23-3;/h4-17H2,1-3H3,(H2,20,21,22);1H. The normalized spacial score (nSPS) is 16.3. The minimum absolute atomic E-state index is 0. The molecule has 0 spiro atoms. The fourth-order valence-corrected chi connectivity index (χ4v) is 3.35. The second-order valence-corrected chi connectivity index (χ2v) is 6.82. The number of ether oxygens (including phenoxy) is 3. The van der Waals surface area contributed by atoms with Gasteiger partial charge in [0.15, 0.2) is 5.96 Å². The van der Waals surface area contributed by atoms with Crippen LogP contribution in [0.1, 0.15) is 51.9 Å². The van der Waals surface area contributed by atoms with Gasteiger partial charge in [-0.3, -0.25) is 4.99 Å². The van der Waals surface area contributed by atoms with Gasteiger partial charge in [0.1, 0.15) is 0 Å². The lowest BCUT2D eigenvalue weighted by atomic mass is 9.83. The maximum absolute atomic E-state index is 5.59. The van der Waals surface area contributed by atoms with Gasteiger partial charge in [-0.15, -0.1) is 24.0 Å². The minimum atomic E-state index is 0. The summed E-state index contributed by atoms with van der Waals surface area (Å²) in [6.45, 7) is 7.77. The van der Waals surface area contributed by atoms with Crippen molar-refractivity contribution in [2.45, 2.75) is 51.9 Å². The number of halogens is 1. The highest BCUT2D eigenvalue weighted by Crippen LogP contribution is 2.40. The fourth-order valence-electron chi connectivity index (χ4n) is 3.35. The molecule has 1 saturated carbocycles. The monoisotopic (exact) mass is 485 g/mol. The summed E-state index contributed by atoms with van der Waals surface area (Å²) in [6.07, 6.45) is 8.52. The smallest absolute Gasteiger partial charge is 0.190 e. The highest BCUT2D eigenvalue weighted by molar-refractivity contribution is 14.0. The number of hydrogen-bond donors (Lipinski definition) is 2. The number of aliphatic imine (C=N–C) groups is 1. The molecule has 0 aromatic rings. The molecular weight excluding hydrogens is 445 g/mol. The molecule has 0 aliphatic heterocycles. The van der Waals surface area contributed by atoms with Crippen molar-refractivity contribution in [3.05, 3.63) is 0 Å². The topological polar surface area (TPSA) is 64.1 Å². The molecule has 1 aliphatic rings. The predicted octanol–water partition coefficient (Wildman–Crippen LogP) is 3.20. The van der Waals surface area contributed by atoms with E-state index in [0.29, 0.717) is 18.6 Å². The van der Waals surface area contributed by atoms with Crippen molar-refractivity contribution in [2.75, 3.05) is 60.3 Å². The molecule has 0 aromatic heterocycles. The summed E-state index contributed by atoms with van der Waals surface area (Å²) in [5.41, 5.74) is 0.377. The first kappa shape index (κ1) is 25.9. The van der Waals surface area contributed by atoms with Crippen molar-refractivity contribution in [3.8, 4) is 0 Å². The van der Waals surface area contributed by atoms with E-state index in [1.807, 2.05) is 7.05 Å². The molecule has 0 atom stereocenters. The van der Waals surface area contributed by atoms with Gasteiger partial charge in [-0.2, -0.15) is 0 Å². The van der Waals surface area contributed by atoms with Gasteiger partial charge >= 0.3 is 0 Å². The first-order valence-electron chi connectivity index (χ1n) is 9.85. The zero-order valence-corrected chi connectivity index (χ0v) is 19.3. The molecular formula is C19H40IN3O3. The molecule has 0 saturated heterocycles. The van der Waals surface area contributed by atoms with Crippen molar-refractivity contribution in [2.24, 2.45) is 10.4 Å². The zero-order valence-electron chi connectivity index (χ0n) is 17.0. The van der Waals surface area contributed by atoms with Crippen molar-refractivity contribution in [1.82, 2.24) is 10.6 Å². The summed E-state index contributed by atoms with van der Waals surface area (Å²) < 4.78 is 16.0. The third-order valence-corrected chi connectivity index (χ3v) is 4.94. The zero-order chi connectivity index (χ0) is 18.2. The van der Waals surface area contributed by atoms with Crippen LogP contribution in [0, 0.1) is 5.41 Å². The van der Waals surface area contributed by atoms with Crippen LogP contribution in [0.5, 0.6) is 0 Å². The number of nitrogens with zero attached hydrogens (tertiary/aromatic N) is 1. The van der Waals surface area contributed by atoms with Gasteiger partial charge in [0.2, 0.25) is 0 Å². The van der Waals surface area contributed by atoms with Crippen LogP contribution in [0.15, 0.2) is 4.99 Å². The Morgan fingerprint density at radius 2 is 1.77 bits per heavy atom. The molecule has 0 aromatic carbocycles. The van der Waals surface area contributed by atoms with Crippen LogP contribution in [-0.4, -0.2) is 66.2 Å². The van der Waals surface area contributed by atoms with Gasteiger partial charge in [0.05, 0.1) is 13.2 Å². The number of rotatable bonds is 14. The Labute approximate surface area is 177 Å². The largest absolute Gasteiger partial charge is 0.382 e. The van der Waals surface area contributed by atoms with Crippen LogP contribution in [-0.2, 0) is 14.2 Å². The Kier molecular flexibility index (Phi) is 16.9. The summed E-state index contributed by atoms with van der Waals surface area (Å²) in [5.74, 6) is 0.906. The molecule has 0 bridgehead atoms. The van der Waals surface area contributed by atoms with E-state index in [4.69, 9.17) is 14.2 Å². The van der Waals surface area contributed by atoms with E-state index >= 15 is 0 Å². The first-order valence-corrected chi connectivity index (χ1v) is 9.85. The Morgan fingerprint density at radius 1 is 1.00 bits per heavy atom. The van der Waals surface area contributed by atoms with Gasteiger partial charge in [0.25, 0.3) is 0 Å². The van der Waals surface area contributed by atoms with Gasteiger partial charge in [-0.25, -0.2) is 0 Å². The summed E-state index contributed by atoms with van der Waals surface area (Å²) in [5, 5.41) is 6.94. The maximum Gasteiger partial charge on any atom is 0.190 e. The second-order valence-electron chi connectivity index (χ2n) is 6.82. The Morgan fingerprint density at radius 3 is 2.42 bits per heavy atom. The van der Waals surface area contributed by atoms with Crippen LogP contribution in [0.3, 0.4) is 0 Å². The SMILES string of the molecule is CCOCCC1(CNC(=NC)NCCCCOCCOC)CCCC1.I. The summed E-state index contributed by atoms with van der Waals surface area (Å²) in [7, 11) is 3.53. The van der Waals surface area contributed by atoms with E-state index in [2.05, 4.69) is 22.5 Å². The minimum Gasteiger partial charge on any atom is -0.382 e. The van der Waals surface area contributed by atoms with Gasteiger partial charge < -0.3 is 24.8 Å². The predicted molar refractivity (Wildman–Crippen MR) is 119 cm³/mol. The molecule has 7 heteroatoms. The molecule has 26 heavy (non-hydrogen) atoms. The molecule has 0 amide bonds. The lowest BCUT2D eigenvalue weighted by Gasteiger charge is -2.30. The number of unbranched alkanes of at least 4 members (excludes halogenated alkanes) is 1. The Balaban J connectivity index is 0.00000625. The molecule has 156 valence electrons. The average Bonchev–Trinajstić information content (AvgIpc) is 3.09. The van der Waals surface area contributed by atoms with Crippen molar-refractivity contribution in [1.29, 1.82) is 0 Å². The van der Waals surface area contributed by atoms with E-state index in [0.717, 1.165) is 58.1 Å². The van der Waals surface area contributed by atoms with Crippen molar-refractivity contribution in [3.63, 3.8) is 0 Å². The summed E-state index contributed by atoms with van der Waals surface area (Å²) >= 11 is 0. The van der Waals surface area contributed by atoms with Crippen LogP contribution in [0.25, 0.3) is 0 Å². The average molecular weight is 485 g/mol. The highest BCUT2D eigenvalue weighted by atomic mass is 127. The third-order valence-electron chi connectivity index (χ3n) is 4.94. The quantitative estimate of drug-likeness (QED) is 0.171. The van der Waals surface area contributed by atoms with Crippen LogP contribution >= 0.6 is 24.0 Å². The first-order chi connectivity index (χ1) is 12.3. The summed E-state index contributed by atoms with van der Waals surface area (Å²) in [6, 6.07) is 0. The van der Waals surface area contributed by atoms with E-state index in [-0.39, 0.29) is 24.0 Å². The Bertz CT molecular complexity index is 351. The van der Waals surface area contributed by atoms with Crippen molar-refractivity contribution >= 4 is 29.9 Å². The van der Waals surface area contributed by atoms with E-state index in [1.54, 1.807) is 7.11 Å². The molecule has 0 heterocycles. The molecule has 2 N–H and O–H groups in total. The maximum atomic E-state index is 5.59. The molecule has 1 fully saturated rings. The van der Waals surface area contributed by atoms with Gasteiger partial charge in [-0.05, 0) is 44.4 Å². The number of methoxy groups -OCH3 is 1. The van der Waals surface area contributed by atoms with Crippen LogP contribution < -0.4 is 10.6 Å². The van der Waals surface area contributed by atoms with E-state index < -0.39 is 0 Å². The fraction of sp³-hybridized carbons (Fsp3) is 0.947. The molecule has 0 unspecified atom stereocenters. The lowest BCUT2D eigenvalue weighted by molar-refractivity contribution is 0.0689. The summed E-state index contributed by atoms with van der Waals surface area (Å²) in [4.78, 5) is 4.35. The van der Waals surface area contributed by atoms with Gasteiger partial charge in [0, 0.05) is 47.1 Å². The molecule has 6 nitrogen and oxygen atoms in total. The Hall–Kier alpha value is -0.120. The number of guanidine groups is 1. The molecule has 0 radical (unpaired) electrons. The van der Waals surface area contributed by atoms with Crippen LogP contribution in [0.2, 0.25) is 0 Å². The van der Waals surface area contributed by atoms with Crippen LogP contribution in [0.4, 0.5) is 0 Å². The number of nitrogens with one attached hydrogen (secondary N) is 2. The van der Waals surface area contributed by atoms with Gasteiger partial charge in [-0.1, -0.05) is 12.8 Å². The lowest BCUT2D eigenvalue weighted by Crippen LogP contribution is -2.43. The molecule has 1 aliphatic carbocycles. The van der Waals surface area contributed by atoms with E-state index in [9.17, 15) is 0 Å². The third kappa shape index (κ3) is 11.6. The van der Waals surface area contributed by atoms with Crippen molar-refractivity contribution < 1.29 is 14.2 Å². The molecule has 1 rings (SSSR count). The number of hydrogen-bond acceptors (Lipinski definition) is 4. The highest BCUT2D eigenvalue weighted by Gasteiger charge is 2.33.